The van der Waals surface area contributed by atoms with Crippen molar-refractivity contribution < 1.29 is 4.74 Å². The number of ether oxygens (including phenoxy) is 1. The van der Waals surface area contributed by atoms with E-state index in [1.54, 1.807) is 7.11 Å². The zero-order valence-electron chi connectivity index (χ0n) is 13.5. The number of hydrogen-bond donors (Lipinski definition) is 0. The van der Waals surface area contributed by atoms with Gasteiger partial charge in [-0.25, -0.2) is 9.97 Å². The molecule has 5 heteroatoms. The van der Waals surface area contributed by atoms with E-state index >= 15 is 0 Å². The van der Waals surface area contributed by atoms with Crippen LogP contribution in [0.15, 0.2) is 42.5 Å². The van der Waals surface area contributed by atoms with Gasteiger partial charge in [-0.3, -0.25) is 0 Å². The lowest BCUT2D eigenvalue weighted by molar-refractivity contribution is 0.415. The second kappa shape index (κ2) is 6.29. The summed E-state index contributed by atoms with van der Waals surface area (Å²) in [6.07, 6.45) is 2.41. The Morgan fingerprint density at radius 3 is 2.46 bits per heavy atom. The molecule has 0 N–H and O–H groups in total. The molecule has 24 heavy (non-hydrogen) atoms. The summed E-state index contributed by atoms with van der Waals surface area (Å²) >= 11 is 6.18. The van der Waals surface area contributed by atoms with Crippen LogP contribution in [-0.4, -0.2) is 30.2 Å². The van der Waals surface area contributed by atoms with Crippen LogP contribution in [0.4, 0.5) is 5.82 Å². The molecule has 4 nitrogen and oxygen atoms in total. The van der Waals surface area contributed by atoms with E-state index in [1.165, 1.54) is 12.8 Å². The lowest BCUT2D eigenvalue weighted by Gasteiger charge is -2.19. The van der Waals surface area contributed by atoms with Gasteiger partial charge in [-0.15, -0.1) is 0 Å². The van der Waals surface area contributed by atoms with Crippen LogP contribution in [0.5, 0.6) is 5.75 Å². The molecule has 0 amide bonds. The monoisotopic (exact) mass is 339 g/mol. The summed E-state index contributed by atoms with van der Waals surface area (Å²) in [5, 5.41) is 1.74. The molecule has 1 aromatic heterocycles. The number of aromatic nitrogens is 2. The third-order valence-corrected chi connectivity index (χ3v) is 4.63. The minimum atomic E-state index is 0.689. The molecule has 122 valence electrons. The van der Waals surface area contributed by atoms with E-state index in [-0.39, 0.29) is 0 Å². The van der Waals surface area contributed by atoms with Crippen molar-refractivity contribution in [3.8, 4) is 17.1 Å². The van der Waals surface area contributed by atoms with E-state index in [1.807, 2.05) is 42.5 Å². The summed E-state index contributed by atoms with van der Waals surface area (Å²) in [7, 11) is 1.66. The van der Waals surface area contributed by atoms with E-state index < -0.39 is 0 Å². The number of hydrogen-bond acceptors (Lipinski definition) is 4. The topological polar surface area (TPSA) is 38.2 Å². The van der Waals surface area contributed by atoms with Gasteiger partial charge in [-0.2, -0.15) is 0 Å². The zero-order valence-corrected chi connectivity index (χ0v) is 14.3. The Balaban J connectivity index is 1.88. The third kappa shape index (κ3) is 2.78. The Labute approximate surface area is 146 Å². The van der Waals surface area contributed by atoms with Gasteiger partial charge in [0, 0.05) is 29.1 Å². The van der Waals surface area contributed by atoms with Crippen molar-refractivity contribution >= 4 is 28.3 Å². The maximum absolute atomic E-state index is 6.18. The molecule has 0 atom stereocenters. The number of benzene rings is 2. The molecule has 0 unspecified atom stereocenters. The van der Waals surface area contributed by atoms with Crippen molar-refractivity contribution in [1.29, 1.82) is 0 Å². The molecular formula is C19H18ClN3O. The van der Waals surface area contributed by atoms with Gasteiger partial charge in [0.2, 0.25) is 0 Å². The van der Waals surface area contributed by atoms with Crippen LogP contribution in [-0.2, 0) is 0 Å². The Hall–Kier alpha value is -2.33. The molecule has 1 aliphatic heterocycles. The number of fused-ring (bicyclic) bond motifs is 1. The molecule has 1 fully saturated rings. The van der Waals surface area contributed by atoms with Crippen molar-refractivity contribution in [3.05, 3.63) is 47.5 Å². The van der Waals surface area contributed by atoms with E-state index in [9.17, 15) is 0 Å². The van der Waals surface area contributed by atoms with Crippen LogP contribution >= 0.6 is 11.6 Å². The van der Waals surface area contributed by atoms with E-state index in [0.29, 0.717) is 10.8 Å². The molecule has 4 rings (SSSR count). The number of nitrogens with zero attached hydrogens (tertiary/aromatic N) is 3. The van der Waals surface area contributed by atoms with Gasteiger partial charge in [-0.05, 0) is 55.3 Å². The first kappa shape index (κ1) is 15.2. The molecule has 2 heterocycles. The van der Waals surface area contributed by atoms with Crippen LogP contribution in [0, 0.1) is 0 Å². The summed E-state index contributed by atoms with van der Waals surface area (Å²) in [5.74, 6) is 2.54. The van der Waals surface area contributed by atoms with Crippen molar-refractivity contribution in [2.24, 2.45) is 0 Å². The lowest BCUT2D eigenvalue weighted by atomic mass is 10.1. The largest absolute Gasteiger partial charge is 0.497 e. The number of anilines is 1. The summed E-state index contributed by atoms with van der Waals surface area (Å²) in [4.78, 5) is 11.9. The molecular weight excluding hydrogens is 322 g/mol. The minimum absolute atomic E-state index is 0.689. The fraction of sp³-hybridized carbons (Fsp3) is 0.263. The fourth-order valence-corrected chi connectivity index (χ4v) is 3.29. The molecule has 0 spiro atoms. The number of halogens is 1. The van der Waals surface area contributed by atoms with Crippen LogP contribution in [0.2, 0.25) is 5.02 Å². The average molecular weight is 340 g/mol. The van der Waals surface area contributed by atoms with Gasteiger partial charge in [0.05, 0.1) is 12.6 Å². The molecule has 1 saturated heterocycles. The molecule has 3 aromatic rings. The quantitative estimate of drug-likeness (QED) is 0.701. The van der Waals surface area contributed by atoms with E-state index in [0.717, 1.165) is 41.1 Å². The smallest absolute Gasteiger partial charge is 0.162 e. The standard InChI is InChI=1S/C19H18ClN3O/c1-24-15-7-4-13(5-8-15)18-21-17-12-14(20)6-9-16(17)19(22-18)23-10-2-3-11-23/h4-9,12H,2-3,10-11H2,1H3. The Morgan fingerprint density at radius 1 is 1.00 bits per heavy atom. The fourth-order valence-electron chi connectivity index (χ4n) is 3.13. The second-order valence-electron chi connectivity index (χ2n) is 5.95. The van der Waals surface area contributed by atoms with Gasteiger partial charge >= 0.3 is 0 Å². The summed E-state index contributed by atoms with van der Waals surface area (Å²) in [6, 6.07) is 13.7. The third-order valence-electron chi connectivity index (χ3n) is 4.39. The molecule has 0 radical (unpaired) electrons. The molecule has 1 aliphatic rings. The molecule has 0 saturated carbocycles. The molecule has 2 aromatic carbocycles. The highest BCUT2D eigenvalue weighted by Crippen LogP contribution is 2.31. The number of methoxy groups -OCH3 is 1. The van der Waals surface area contributed by atoms with E-state index in [2.05, 4.69) is 4.90 Å². The van der Waals surface area contributed by atoms with Crippen LogP contribution < -0.4 is 9.64 Å². The minimum Gasteiger partial charge on any atom is -0.497 e. The van der Waals surface area contributed by atoms with Crippen molar-refractivity contribution in [3.63, 3.8) is 0 Å². The van der Waals surface area contributed by atoms with Gasteiger partial charge < -0.3 is 9.64 Å². The first-order chi connectivity index (χ1) is 11.7. The highest BCUT2D eigenvalue weighted by Gasteiger charge is 2.18. The lowest BCUT2D eigenvalue weighted by Crippen LogP contribution is -2.20. The molecule has 0 aliphatic carbocycles. The molecule has 0 bridgehead atoms. The second-order valence-corrected chi connectivity index (χ2v) is 6.39. The van der Waals surface area contributed by atoms with Crippen LogP contribution in [0.3, 0.4) is 0 Å². The maximum atomic E-state index is 6.18. The van der Waals surface area contributed by atoms with Gasteiger partial charge in [0.25, 0.3) is 0 Å². The van der Waals surface area contributed by atoms with E-state index in [4.69, 9.17) is 26.3 Å². The first-order valence-electron chi connectivity index (χ1n) is 8.11. The Morgan fingerprint density at radius 2 is 1.75 bits per heavy atom. The first-order valence-corrected chi connectivity index (χ1v) is 8.49. The van der Waals surface area contributed by atoms with Crippen molar-refractivity contribution in [1.82, 2.24) is 9.97 Å². The Bertz CT molecular complexity index is 874. The van der Waals surface area contributed by atoms with Gasteiger partial charge in [-0.1, -0.05) is 11.6 Å². The normalized spacial score (nSPS) is 14.3. The summed E-state index contributed by atoms with van der Waals surface area (Å²) in [6.45, 7) is 2.08. The number of rotatable bonds is 3. The van der Waals surface area contributed by atoms with Gasteiger partial charge in [0.1, 0.15) is 11.6 Å². The summed E-state index contributed by atoms with van der Waals surface area (Å²) in [5.41, 5.74) is 1.85. The van der Waals surface area contributed by atoms with Crippen LogP contribution in [0.25, 0.3) is 22.3 Å². The highest BCUT2D eigenvalue weighted by molar-refractivity contribution is 6.31. The van der Waals surface area contributed by atoms with Crippen LogP contribution in [0.1, 0.15) is 12.8 Å². The SMILES string of the molecule is COc1ccc(-c2nc(N3CCCC3)c3ccc(Cl)cc3n2)cc1. The average Bonchev–Trinajstić information content (AvgIpc) is 3.15. The predicted octanol–water partition coefficient (Wildman–Crippen LogP) is 4.56. The Kier molecular flexibility index (Phi) is 3.98. The summed E-state index contributed by atoms with van der Waals surface area (Å²) < 4.78 is 5.23. The zero-order chi connectivity index (χ0) is 16.5. The van der Waals surface area contributed by atoms with Crippen molar-refractivity contribution in [2.75, 3.05) is 25.1 Å². The predicted molar refractivity (Wildman–Crippen MR) is 98.0 cm³/mol. The van der Waals surface area contributed by atoms with Gasteiger partial charge in [0.15, 0.2) is 5.82 Å². The highest BCUT2D eigenvalue weighted by atomic mass is 35.5. The maximum Gasteiger partial charge on any atom is 0.162 e. The van der Waals surface area contributed by atoms with Crippen molar-refractivity contribution in [2.45, 2.75) is 12.8 Å².